The van der Waals surface area contributed by atoms with Crippen molar-refractivity contribution in [2.24, 2.45) is 0 Å². The average molecular weight is 305 g/mol. The Hall–Kier alpha value is -1.75. The lowest BCUT2D eigenvalue weighted by Gasteiger charge is -2.29. The van der Waals surface area contributed by atoms with Gasteiger partial charge in [-0.15, -0.1) is 0 Å². The topological polar surface area (TPSA) is 64.6 Å². The van der Waals surface area contributed by atoms with Crippen LogP contribution in [0.25, 0.3) is 0 Å². The number of urea groups is 1. The van der Waals surface area contributed by atoms with Crippen molar-refractivity contribution >= 4 is 17.4 Å². The standard InChI is InChI=1S/C17H27N3O2/c1-2-16(21)9-10-18-17(22)19-14-7-6-8-15(13-14)20-11-4-3-5-12-20/h6-8,13,16,21H,2-5,9-12H2,1H3,(H2,18,19,22). The largest absolute Gasteiger partial charge is 0.393 e. The molecule has 0 aromatic heterocycles. The summed E-state index contributed by atoms with van der Waals surface area (Å²) >= 11 is 0. The molecule has 22 heavy (non-hydrogen) atoms. The van der Waals surface area contributed by atoms with Gasteiger partial charge < -0.3 is 20.6 Å². The number of nitrogens with one attached hydrogen (secondary N) is 2. The average Bonchev–Trinajstić information content (AvgIpc) is 2.55. The highest BCUT2D eigenvalue weighted by Gasteiger charge is 2.11. The molecule has 3 N–H and O–H groups in total. The van der Waals surface area contributed by atoms with Gasteiger partial charge in [0.2, 0.25) is 0 Å². The Morgan fingerprint density at radius 3 is 2.82 bits per heavy atom. The smallest absolute Gasteiger partial charge is 0.319 e. The second kappa shape index (κ2) is 8.63. The van der Waals surface area contributed by atoms with Gasteiger partial charge in [0, 0.05) is 31.0 Å². The highest BCUT2D eigenvalue weighted by molar-refractivity contribution is 5.89. The lowest BCUT2D eigenvalue weighted by Crippen LogP contribution is -2.31. The Balaban J connectivity index is 1.83. The molecule has 0 aliphatic carbocycles. The first-order chi connectivity index (χ1) is 10.7. The first kappa shape index (κ1) is 16.6. The maximum Gasteiger partial charge on any atom is 0.319 e. The van der Waals surface area contributed by atoms with Gasteiger partial charge in [-0.25, -0.2) is 4.79 Å². The van der Waals surface area contributed by atoms with Crippen LogP contribution in [-0.4, -0.2) is 36.9 Å². The predicted octanol–water partition coefficient (Wildman–Crippen LogP) is 2.96. The maximum absolute atomic E-state index is 11.9. The molecule has 1 aliphatic rings. The normalized spacial score (nSPS) is 16.2. The van der Waals surface area contributed by atoms with Gasteiger partial charge in [-0.1, -0.05) is 13.0 Å². The Morgan fingerprint density at radius 2 is 2.09 bits per heavy atom. The van der Waals surface area contributed by atoms with E-state index in [1.165, 1.54) is 24.9 Å². The zero-order valence-corrected chi connectivity index (χ0v) is 13.3. The summed E-state index contributed by atoms with van der Waals surface area (Å²) in [7, 11) is 0. The minimum atomic E-state index is -0.345. The second-order valence-electron chi connectivity index (χ2n) is 5.83. The van der Waals surface area contributed by atoms with E-state index < -0.39 is 0 Å². The number of hydrogen-bond acceptors (Lipinski definition) is 3. The monoisotopic (exact) mass is 305 g/mol. The number of aliphatic hydroxyl groups excluding tert-OH is 1. The molecule has 5 heteroatoms. The van der Waals surface area contributed by atoms with Gasteiger partial charge >= 0.3 is 6.03 Å². The number of anilines is 2. The molecule has 2 amide bonds. The quantitative estimate of drug-likeness (QED) is 0.757. The van der Waals surface area contributed by atoms with Crippen molar-refractivity contribution in [1.29, 1.82) is 0 Å². The minimum Gasteiger partial charge on any atom is -0.393 e. The van der Waals surface area contributed by atoms with Crippen LogP contribution in [0.15, 0.2) is 24.3 Å². The third kappa shape index (κ3) is 5.22. The zero-order chi connectivity index (χ0) is 15.8. The lowest BCUT2D eigenvalue weighted by atomic mass is 10.1. The molecule has 1 saturated heterocycles. The first-order valence-corrected chi connectivity index (χ1v) is 8.27. The summed E-state index contributed by atoms with van der Waals surface area (Å²) in [4.78, 5) is 14.2. The maximum atomic E-state index is 11.9. The molecule has 1 aromatic carbocycles. The van der Waals surface area contributed by atoms with E-state index in [0.717, 1.165) is 18.8 Å². The number of rotatable bonds is 6. The molecular weight excluding hydrogens is 278 g/mol. The number of carbonyl (C=O) groups is 1. The van der Waals surface area contributed by atoms with E-state index in [4.69, 9.17) is 0 Å². The van der Waals surface area contributed by atoms with E-state index in [0.29, 0.717) is 19.4 Å². The number of benzene rings is 1. The molecule has 1 aliphatic heterocycles. The number of aliphatic hydroxyl groups is 1. The summed E-state index contributed by atoms with van der Waals surface area (Å²) in [6.07, 6.45) is 4.72. The van der Waals surface area contributed by atoms with E-state index in [2.05, 4.69) is 21.6 Å². The van der Waals surface area contributed by atoms with Crippen molar-refractivity contribution in [1.82, 2.24) is 5.32 Å². The fourth-order valence-corrected chi connectivity index (χ4v) is 2.66. The SMILES string of the molecule is CCC(O)CCNC(=O)Nc1cccc(N2CCCCC2)c1. The van der Waals surface area contributed by atoms with Crippen LogP contribution in [0.2, 0.25) is 0 Å². The van der Waals surface area contributed by atoms with Crippen LogP contribution in [0, 0.1) is 0 Å². The van der Waals surface area contributed by atoms with Crippen LogP contribution in [0.5, 0.6) is 0 Å². The summed E-state index contributed by atoms with van der Waals surface area (Å²) in [5, 5.41) is 15.1. The van der Waals surface area contributed by atoms with Crippen LogP contribution in [0.4, 0.5) is 16.2 Å². The molecular formula is C17H27N3O2. The molecule has 1 heterocycles. The van der Waals surface area contributed by atoms with Crippen molar-refractivity contribution in [3.63, 3.8) is 0 Å². The summed E-state index contributed by atoms with van der Waals surface area (Å²) in [5.41, 5.74) is 1.97. The molecule has 0 radical (unpaired) electrons. The number of piperidine rings is 1. The Bertz CT molecular complexity index is 473. The van der Waals surface area contributed by atoms with E-state index in [1.807, 2.05) is 25.1 Å². The van der Waals surface area contributed by atoms with Crippen LogP contribution in [0.1, 0.15) is 39.0 Å². The van der Waals surface area contributed by atoms with Crippen molar-refractivity contribution in [2.75, 3.05) is 29.9 Å². The fourth-order valence-electron chi connectivity index (χ4n) is 2.66. The van der Waals surface area contributed by atoms with Crippen molar-refractivity contribution in [3.8, 4) is 0 Å². The molecule has 0 saturated carbocycles. The molecule has 0 spiro atoms. The van der Waals surface area contributed by atoms with Crippen LogP contribution in [0.3, 0.4) is 0 Å². The molecule has 122 valence electrons. The van der Waals surface area contributed by atoms with E-state index in [9.17, 15) is 9.90 Å². The molecule has 1 unspecified atom stereocenters. The molecule has 2 rings (SSSR count). The Labute approximate surface area is 132 Å². The number of nitrogens with zero attached hydrogens (tertiary/aromatic N) is 1. The van der Waals surface area contributed by atoms with Gasteiger partial charge in [-0.2, -0.15) is 0 Å². The zero-order valence-electron chi connectivity index (χ0n) is 13.3. The first-order valence-electron chi connectivity index (χ1n) is 8.27. The lowest BCUT2D eigenvalue weighted by molar-refractivity contribution is 0.160. The van der Waals surface area contributed by atoms with E-state index in [-0.39, 0.29) is 12.1 Å². The van der Waals surface area contributed by atoms with Gasteiger partial charge in [0.05, 0.1) is 6.10 Å². The third-order valence-electron chi connectivity index (χ3n) is 4.06. The van der Waals surface area contributed by atoms with Gasteiger partial charge in [0.1, 0.15) is 0 Å². The number of hydrogen-bond donors (Lipinski definition) is 3. The van der Waals surface area contributed by atoms with Crippen LogP contribution in [-0.2, 0) is 0 Å². The van der Waals surface area contributed by atoms with Crippen LogP contribution < -0.4 is 15.5 Å². The molecule has 1 fully saturated rings. The predicted molar refractivity (Wildman–Crippen MR) is 90.4 cm³/mol. The molecule has 1 atom stereocenters. The summed E-state index contributed by atoms with van der Waals surface area (Å²) < 4.78 is 0. The molecule has 1 aromatic rings. The summed E-state index contributed by atoms with van der Waals surface area (Å²) in [6, 6.07) is 7.76. The Morgan fingerprint density at radius 1 is 1.32 bits per heavy atom. The second-order valence-corrected chi connectivity index (χ2v) is 5.83. The molecule has 0 bridgehead atoms. The minimum absolute atomic E-state index is 0.223. The van der Waals surface area contributed by atoms with Crippen molar-refractivity contribution < 1.29 is 9.90 Å². The van der Waals surface area contributed by atoms with E-state index in [1.54, 1.807) is 0 Å². The Kier molecular flexibility index (Phi) is 6.52. The van der Waals surface area contributed by atoms with Crippen LogP contribution >= 0.6 is 0 Å². The van der Waals surface area contributed by atoms with Gasteiger partial charge in [-0.05, 0) is 50.3 Å². The fraction of sp³-hybridized carbons (Fsp3) is 0.588. The summed E-state index contributed by atoms with van der Waals surface area (Å²) in [5.74, 6) is 0. The highest BCUT2D eigenvalue weighted by Crippen LogP contribution is 2.22. The van der Waals surface area contributed by atoms with Gasteiger partial charge in [0.25, 0.3) is 0 Å². The van der Waals surface area contributed by atoms with Crippen molar-refractivity contribution in [3.05, 3.63) is 24.3 Å². The third-order valence-corrected chi connectivity index (χ3v) is 4.06. The summed E-state index contributed by atoms with van der Waals surface area (Å²) in [6.45, 7) is 4.58. The number of amides is 2. The van der Waals surface area contributed by atoms with Gasteiger partial charge in [-0.3, -0.25) is 0 Å². The van der Waals surface area contributed by atoms with Crippen molar-refractivity contribution in [2.45, 2.75) is 45.1 Å². The highest BCUT2D eigenvalue weighted by atomic mass is 16.3. The van der Waals surface area contributed by atoms with E-state index >= 15 is 0 Å². The van der Waals surface area contributed by atoms with Gasteiger partial charge in [0.15, 0.2) is 0 Å². The molecule has 5 nitrogen and oxygen atoms in total. The number of carbonyl (C=O) groups excluding carboxylic acids is 1.